The Labute approximate surface area is 163 Å². The van der Waals surface area contributed by atoms with Gasteiger partial charge in [-0.05, 0) is 73.4 Å². The first-order chi connectivity index (χ1) is 13.4. The molecule has 0 aromatic heterocycles. The van der Waals surface area contributed by atoms with Crippen molar-refractivity contribution in [2.75, 3.05) is 6.61 Å². The van der Waals surface area contributed by atoms with E-state index in [0.29, 0.717) is 36.3 Å². The van der Waals surface area contributed by atoms with E-state index >= 15 is 0 Å². The van der Waals surface area contributed by atoms with E-state index in [1.54, 1.807) is 49.4 Å². The second-order valence-electron chi connectivity index (χ2n) is 6.31. The summed E-state index contributed by atoms with van der Waals surface area (Å²) in [6.45, 7) is 2.13. The van der Waals surface area contributed by atoms with Gasteiger partial charge in [-0.2, -0.15) is 0 Å². The zero-order chi connectivity index (χ0) is 20.5. The zero-order valence-electron chi connectivity index (χ0n) is 15.6. The summed E-state index contributed by atoms with van der Waals surface area (Å²) in [5, 5.41) is 17.5. The Hall–Kier alpha value is -3.41. The maximum absolute atomic E-state index is 12.5. The van der Waals surface area contributed by atoms with Gasteiger partial charge in [0.05, 0.1) is 12.2 Å². The maximum Gasteiger partial charge on any atom is 0.335 e. The Bertz CT molecular complexity index is 863. The second kappa shape index (κ2) is 10.1. The third-order valence-corrected chi connectivity index (χ3v) is 4.07. The van der Waals surface area contributed by atoms with Crippen molar-refractivity contribution in [2.45, 2.75) is 26.2 Å². The van der Waals surface area contributed by atoms with E-state index in [1.807, 2.05) is 0 Å². The van der Waals surface area contributed by atoms with Crippen LogP contribution >= 0.6 is 0 Å². The highest BCUT2D eigenvalue weighted by Crippen LogP contribution is 2.17. The van der Waals surface area contributed by atoms with Gasteiger partial charge in [0.2, 0.25) is 0 Å². The van der Waals surface area contributed by atoms with Gasteiger partial charge in [0.1, 0.15) is 5.75 Å². The number of Topliss-reactive ketones (excluding diaryl/α,β-unsaturated/α-hetero) is 1. The molecule has 0 saturated heterocycles. The summed E-state index contributed by atoms with van der Waals surface area (Å²) in [5.41, 5.74) is 2.00. The van der Waals surface area contributed by atoms with E-state index in [-0.39, 0.29) is 17.8 Å². The quantitative estimate of drug-likeness (QED) is 0.361. The minimum atomic E-state index is -0.993. The lowest BCUT2D eigenvalue weighted by Gasteiger charge is -2.07. The molecule has 0 aliphatic heterocycles. The summed E-state index contributed by atoms with van der Waals surface area (Å²) in [6, 6.07) is 13.1. The molecule has 6 nitrogen and oxygen atoms in total. The van der Waals surface area contributed by atoms with E-state index in [0.717, 1.165) is 5.56 Å². The molecule has 6 heteroatoms. The van der Waals surface area contributed by atoms with Crippen molar-refractivity contribution in [2.24, 2.45) is 0 Å². The fraction of sp³-hybridized carbons (Fsp3) is 0.227. The van der Waals surface area contributed by atoms with Crippen molar-refractivity contribution in [1.82, 2.24) is 0 Å². The molecule has 2 aromatic rings. The Morgan fingerprint density at radius 3 is 2.07 bits per heavy atom. The summed E-state index contributed by atoms with van der Waals surface area (Å²) >= 11 is 0. The number of carbonyl (C=O) groups excluding carboxylic acids is 1. The number of carboxylic acid groups (broad SMARTS) is 2. The summed E-state index contributed by atoms with van der Waals surface area (Å²) < 4.78 is 5.54. The van der Waals surface area contributed by atoms with Gasteiger partial charge < -0.3 is 14.9 Å². The largest absolute Gasteiger partial charge is 0.494 e. The maximum atomic E-state index is 12.5. The lowest BCUT2D eigenvalue weighted by Crippen LogP contribution is -2.02. The molecule has 28 heavy (non-hydrogen) atoms. The number of rotatable bonds is 10. The van der Waals surface area contributed by atoms with Crippen molar-refractivity contribution in [3.8, 4) is 5.75 Å². The molecule has 0 radical (unpaired) electrons. The first kappa shape index (κ1) is 20.9. The lowest BCUT2D eigenvalue weighted by atomic mass is 10.0. The van der Waals surface area contributed by atoms with E-state index in [1.165, 1.54) is 12.1 Å². The fourth-order valence-electron chi connectivity index (χ4n) is 2.54. The van der Waals surface area contributed by atoms with Gasteiger partial charge in [0.15, 0.2) is 5.78 Å². The minimum Gasteiger partial charge on any atom is -0.494 e. The number of ether oxygens (including phenoxy) is 1. The highest BCUT2D eigenvalue weighted by Gasteiger charge is 2.09. The summed E-state index contributed by atoms with van der Waals surface area (Å²) in [4.78, 5) is 33.9. The number of hydrogen-bond donors (Lipinski definition) is 2. The molecule has 0 saturated carbocycles. The van der Waals surface area contributed by atoms with Crippen molar-refractivity contribution < 1.29 is 29.3 Å². The SMILES string of the molecule is CC(=Cc1ccc(C(=O)O)cc1)C(=O)c1ccc(OCCCCC(=O)O)cc1. The van der Waals surface area contributed by atoms with Gasteiger partial charge in [-0.25, -0.2) is 4.79 Å². The van der Waals surface area contributed by atoms with Gasteiger partial charge in [-0.1, -0.05) is 12.1 Å². The zero-order valence-corrected chi connectivity index (χ0v) is 15.6. The van der Waals surface area contributed by atoms with Gasteiger partial charge in [0.25, 0.3) is 0 Å². The molecule has 0 heterocycles. The van der Waals surface area contributed by atoms with Crippen LogP contribution in [0.3, 0.4) is 0 Å². The Balaban J connectivity index is 1.93. The van der Waals surface area contributed by atoms with E-state index < -0.39 is 11.9 Å². The molecule has 0 bridgehead atoms. The van der Waals surface area contributed by atoms with Crippen LogP contribution in [0.25, 0.3) is 6.08 Å². The number of unbranched alkanes of at least 4 members (excludes halogenated alkanes) is 1. The molecular formula is C22H22O6. The standard InChI is InChI=1S/C22H22O6/c1-15(14-16-5-7-18(8-6-16)22(26)27)21(25)17-9-11-19(12-10-17)28-13-3-2-4-20(23)24/h5-12,14H,2-4,13H2,1H3,(H,23,24)(H,26,27). The molecule has 0 spiro atoms. The molecular weight excluding hydrogens is 360 g/mol. The van der Waals surface area contributed by atoms with Gasteiger partial charge in [-0.15, -0.1) is 0 Å². The topological polar surface area (TPSA) is 101 Å². The van der Waals surface area contributed by atoms with E-state index in [2.05, 4.69) is 0 Å². The van der Waals surface area contributed by atoms with Crippen molar-refractivity contribution in [1.29, 1.82) is 0 Å². The lowest BCUT2D eigenvalue weighted by molar-refractivity contribution is -0.137. The van der Waals surface area contributed by atoms with Crippen molar-refractivity contribution in [3.63, 3.8) is 0 Å². The average Bonchev–Trinajstić information content (AvgIpc) is 2.67. The van der Waals surface area contributed by atoms with E-state index in [4.69, 9.17) is 14.9 Å². The van der Waals surface area contributed by atoms with Crippen LogP contribution in [0, 0.1) is 0 Å². The van der Waals surface area contributed by atoms with Gasteiger partial charge in [-0.3, -0.25) is 9.59 Å². The molecule has 2 aromatic carbocycles. The number of ketones is 1. The second-order valence-corrected chi connectivity index (χ2v) is 6.31. The highest BCUT2D eigenvalue weighted by atomic mass is 16.5. The Morgan fingerprint density at radius 1 is 0.893 bits per heavy atom. The Morgan fingerprint density at radius 2 is 1.50 bits per heavy atom. The number of aromatic carboxylic acids is 1. The van der Waals surface area contributed by atoms with Crippen LogP contribution < -0.4 is 4.74 Å². The number of allylic oxidation sites excluding steroid dienone is 1. The monoisotopic (exact) mass is 382 g/mol. The first-order valence-corrected chi connectivity index (χ1v) is 8.88. The fourth-order valence-corrected chi connectivity index (χ4v) is 2.54. The third kappa shape index (κ3) is 6.39. The molecule has 0 aliphatic carbocycles. The number of carboxylic acids is 2. The molecule has 2 N–H and O–H groups in total. The van der Waals surface area contributed by atoms with Crippen LogP contribution in [-0.4, -0.2) is 34.5 Å². The molecule has 0 amide bonds. The highest BCUT2D eigenvalue weighted by molar-refractivity contribution is 6.10. The molecule has 0 unspecified atom stereocenters. The van der Waals surface area contributed by atoms with Crippen LogP contribution in [0.4, 0.5) is 0 Å². The normalized spacial score (nSPS) is 11.1. The van der Waals surface area contributed by atoms with Crippen LogP contribution in [0.1, 0.15) is 52.5 Å². The number of carbonyl (C=O) groups is 3. The van der Waals surface area contributed by atoms with Crippen LogP contribution in [0.5, 0.6) is 5.75 Å². The van der Waals surface area contributed by atoms with Gasteiger partial charge >= 0.3 is 11.9 Å². The number of benzene rings is 2. The predicted octanol–water partition coefficient (Wildman–Crippen LogP) is 4.30. The summed E-state index contributed by atoms with van der Waals surface area (Å²) in [5.74, 6) is -1.32. The number of hydrogen-bond acceptors (Lipinski definition) is 4. The Kier molecular flexibility index (Phi) is 7.51. The average molecular weight is 382 g/mol. The molecule has 0 atom stereocenters. The smallest absolute Gasteiger partial charge is 0.335 e. The van der Waals surface area contributed by atoms with Gasteiger partial charge in [0, 0.05) is 12.0 Å². The van der Waals surface area contributed by atoms with Crippen LogP contribution in [-0.2, 0) is 4.79 Å². The van der Waals surface area contributed by atoms with Crippen molar-refractivity contribution >= 4 is 23.8 Å². The molecule has 0 fully saturated rings. The van der Waals surface area contributed by atoms with E-state index in [9.17, 15) is 14.4 Å². The molecule has 146 valence electrons. The van der Waals surface area contributed by atoms with Crippen molar-refractivity contribution in [3.05, 3.63) is 70.8 Å². The molecule has 2 rings (SSSR count). The number of aliphatic carboxylic acids is 1. The summed E-state index contributed by atoms with van der Waals surface area (Å²) in [7, 11) is 0. The third-order valence-electron chi connectivity index (χ3n) is 4.07. The minimum absolute atomic E-state index is 0.126. The predicted molar refractivity (Wildman–Crippen MR) is 105 cm³/mol. The molecule has 0 aliphatic rings. The first-order valence-electron chi connectivity index (χ1n) is 8.88. The van der Waals surface area contributed by atoms with Crippen LogP contribution in [0.2, 0.25) is 0 Å². The van der Waals surface area contributed by atoms with Crippen LogP contribution in [0.15, 0.2) is 54.1 Å². The summed E-state index contributed by atoms with van der Waals surface area (Å²) in [6.07, 6.45) is 3.04.